The number of hydrazone groups is 1. The Kier molecular flexibility index (Phi) is 3.74. The molecule has 0 radical (unpaired) electrons. The number of primary sulfonamides is 1. The number of nitrogens with two attached hydrogens (primary N) is 1. The first-order valence-corrected chi connectivity index (χ1v) is 8.23. The van der Waals surface area contributed by atoms with Gasteiger partial charge in [-0.25, -0.2) is 17.9 Å². The predicted molar refractivity (Wildman–Crippen MR) is 82.4 cm³/mol. The number of amides is 1. The number of halogens is 1. The fourth-order valence-electron chi connectivity index (χ4n) is 2.37. The molecular weight excluding hydrogens is 323 g/mol. The lowest BCUT2D eigenvalue weighted by molar-refractivity contribution is -0.113. The van der Waals surface area contributed by atoms with E-state index in [0.29, 0.717) is 11.4 Å². The molecule has 4 N–H and O–H groups in total. The number of rotatable bonds is 3. The van der Waals surface area contributed by atoms with Gasteiger partial charge in [0, 0.05) is 12.1 Å². The number of benzene rings is 1. The molecule has 1 aliphatic heterocycles. The lowest BCUT2D eigenvalue weighted by Gasteiger charge is -2.13. The molecule has 3 rings (SSSR count). The number of nitrogens with one attached hydrogen (secondary N) is 2. The Bertz CT molecular complexity index is 857. The number of fused-ring (bicyclic) bond motifs is 1. The molecule has 120 valence electrons. The van der Waals surface area contributed by atoms with Gasteiger partial charge in [0.05, 0.1) is 16.5 Å². The second-order valence-corrected chi connectivity index (χ2v) is 6.69. The summed E-state index contributed by atoms with van der Waals surface area (Å²) in [6.07, 6.45) is 2.91. The summed E-state index contributed by atoms with van der Waals surface area (Å²) in [4.78, 5) is 11.9. The van der Waals surface area contributed by atoms with Crippen LogP contribution in [0.15, 0.2) is 57.9 Å². The van der Waals surface area contributed by atoms with Gasteiger partial charge < -0.3 is 5.32 Å². The average Bonchev–Trinajstić information content (AvgIpc) is 2.79. The number of allylic oxidation sites excluding steroid dienone is 4. The van der Waals surface area contributed by atoms with Crippen molar-refractivity contribution in [3.63, 3.8) is 0 Å². The van der Waals surface area contributed by atoms with Gasteiger partial charge >= 0.3 is 0 Å². The summed E-state index contributed by atoms with van der Waals surface area (Å²) in [6, 6.07) is 5.57. The van der Waals surface area contributed by atoms with Gasteiger partial charge in [-0.1, -0.05) is 0 Å². The Labute approximate surface area is 131 Å². The summed E-state index contributed by atoms with van der Waals surface area (Å²) >= 11 is 0. The molecule has 1 saturated heterocycles. The molecule has 1 fully saturated rings. The van der Waals surface area contributed by atoms with Crippen LogP contribution in [0.25, 0.3) is 0 Å². The number of sulfonamides is 1. The third kappa shape index (κ3) is 3.15. The first-order chi connectivity index (χ1) is 10.8. The zero-order valence-electron chi connectivity index (χ0n) is 11.8. The van der Waals surface area contributed by atoms with E-state index in [2.05, 4.69) is 15.8 Å². The van der Waals surface area contributed by atoms with Gasteiger partial charge in [-0.15, -0.1) is 0 Å². The van der Waals surface area contributed by atoms with Crippen molar-refractivity contribution in [3.8, 4) is 0 Å². The SMILES string of the molecule is NS(=O)(=O)c1ccc(NN=C2C(=O)NC3=CC=C(F)CC32)cc1. The van der Waals surface area contributed by atoms with E-state index in [4.69, 9.17) is 5.14 Å². The maximum absolute atomic E-state index is 13.4. The Hall–Kier alpha value is -2.52. The monoisotopic (exact) mass is 336 g/mol. The molecule has 23 heavy (non-hydrogen) atoms. The molecule has 7 nitrogen and oxygen atoms in total. The van der Waals surface area contributed by atoms with E-state index in [0.717, 1.165) is 0 Å². The molecule has 9 heteroatoms. The standard InChI is InChI=1S/C14H13FN4O3S/c15-8-1-6-12-11(7-8)13(14(20)17-12)19-18-9-2-4-10(5-3-9)23(16,21)22/h1-6,11,18H,7H2,(H,17,20)(H2,16,21,22). The maximum Gasteiger partial charge on any atom is 0.272 e. The Balaban J connectivity index is 1.79. The number of anilines is 1. The molecule has 1 unspecified atom stereocenters. The van der Waals surface area contributed by atoms with Crippen LogP contribution in [0.1, 0.15) is 6.42 Å². The largest absolute Gasteiger partial charge is 0.324 e. The first kappa shape index (κ1) is 15.4. The van der Waals surface area contributed by atoms with Crippen LogP contribution in [0.5, 0.6) is 0 Å². The molecule has 1 aromatic rings. The summed E-state index contributed by atoms with van der Waals surface area (Å²) in [5.74, 6) is -1.15. The van der Waals surface area contributed by atoms with Crippen molar-refractivity contribution >= 4 is 27.3 Å². The van der Waals surface area contributed by atoms with Crippen LogP contribution >= 0.6 is 0 Å². The van der Waals surface area contributed by atoms with Crippen LogP contribution in [0.3, 0.4) is 0 Å². The number of hydrogen-bond acceptors (Lipinski definition) is 5. The van der Waals surface area contributed by atoms with Gasteiger partial charge in [-0.3, -0.25) is 10.2 Å². The lowest BCUT2D eigenvalue weighted by Crippen LogP contribution is -2.20. The number of hydrogen-bond donors (Lipinski definition) is 3. The minimum atomic E-state index is -3.76. The summed E-state index contributed by atoms with van der Waals surface area (Å²) < 4.78 is 35.7. The highest BCUT2D eigenvalue weighted by atomic mass is 32.2. The van der Waals surface area contributed by atoms with E-state index in [-0.39, 0.29) is 22.9 Å². The molecule has 1 aromatic carbocycles. The Morgan fingerprint density at radius 2 is 1.96 bits per heavy atom. The average molecular weight is 336 g/mol. The van der Waals surface area contributed by atoms with E-state index < -0.39 is 21.8 Å². The predicted octanol–water partition coefficient (Wildman–Crippen LogP) is 0.989. The van der Waals surface area contributed by atoms with Crippen molar-refractivity contribution in [2.45, 2.75) is 11.3 Å². The number of carbonyl (C=O) groups excluding carboxylic acids is 1. The van der Waals surface area contributed by atoms with Crippen molar-refractivity contribution in [1.82, 2.24) is 5.32 Å². The molecule has 0 spiro atoms. The summed E-state index contributed by atoms with van der Waals surface area (Å²) in [6.45, 7) is 0. The summed E-state index contributed by atoms with van der Waals surface area (Å²) in [7, 11) is -3.76. The minimum Gasteiger partial charge on any atom is -0.324 e. The zero-order chi connectivity index (χ0) is 16.6. The highest BCUT2D eigenvalue weighted by molar-refractivity contribution is 7.89. The molecule has 1 atom stereocenters. The number of nitrogens with zero attached hydrogens (tertiary/aromatic N) is 1. The van der Waals surface area contributed by atoms with Crippen molar-refractivity contribution in [1.29, 1.82) is 0 Å². The van der Waals surface area contributed by atoms with Crippen molar-refractivity contribution in [3.05, 3.63) is 47.9 Å². The highest BCUT2D eigenvalue weighted by Crippen LogP contribution is 2.30. The molecule has 2 aliphatic rings. The number of carbonyl (C=O) groups is 1. The van der Waals surface area contributed by atoms with Gasteiger partial charge in [0.2, 0.25) is 10.0 Å². The molecular formula is C14H13FN4O3S. The lowest BCUT2D eigenvalue weighted by atomic mass is 9.95. The Morgan fingerprint density at radius 1 is 1.26 bits per heavy atom. The van der Waals surface area contributed by atoms with Crippen LogP contribution in [-0.2, 0) is 14.8 Å². The second kappa shape index (κ2) is 5.60. The van der Waals surface area contributed by atoms with Gasteiger partial charge in [0.15, 0.2) is 0 Å². The van der Waals surface area contributed by atoms with E-state index in [1.165, 1.54) is 36.4 Å². The van der Waals surface area contributed by atoms with E-state index >= 15 is 0 Å². The van der Waals surface area contributed by atoms with Crippen molar-refractivity contribution < 1.29 is 17.6 Å². The summed E-state index contributed by atoms with van der Waals surface area (Å²) in [5, 5.41) is 11.7. The van der Waals surface area contributed by atoms with Crippen LogP contribution in [0.4, 0.5) is 10.1 Å². The van der Waals surface area contributed by atoms with Crippen LogP contribution in [-0.4, -0.2) is 20.0 Å². The van der Waals surface area contributed by atoms with E-state index in [1.807, 2.05) is 0 Å². The first-order valence-electron chi connectivity index (χ1n) is 6.68. The van der Waals surface area contributed by atoms with Crippen molar-refractivity contribution in [2.24, 2.45) is 16.2 Å². The molecule has 1 heterocycles. The normalized spacial score (nSPS) is 22.3. The van der Waals surface area contributed by atoms with E-state index in [9.17, 15) is 17.6 Å². The quantitative estimate of drug-likeness (QED) is 0.714. The van der Waals surface area contributed by atoms with Gasteiger partial charge in [-0.2, -0.15) is 5.10 Å². The van der Waals surface area contributed by atoms with Gasteiger partial charge in [0.25, 0.3) is 5.91 Å². The minimum absolute atomic E-state index is 0.0287. The van der Waals surface area contributed by atoms with E-state index in [1.54, 1.807) is 0 Å². The van der Waals surface area contributed by atoms with Crippen LogP contribution in [0.2, 0.25) is 0 Å². The molecule has 1 aliphatic carbocycles. The molecule has 0 aromatic heterocycles. The van der Waals surface area contributed by atoms with Gasteiger partial charge in [0.1, 0.15) is 11.5 Å². The zero-order valence-corrected chi connectivity index (χ0v) is 12.6. The van der Waals surface area contributed by atoms with Gasteiger partial charge in [-0.05, 0) is 36.4 Å². The fraction of sp³-hybridized carbons (Fsp3) is 0.143. The third-order valence-electron chi connectivity index (χ3n) is 3.53. The molecule has 0 bridgehead atoms. The second-order valence-electron chi connectivity index (χ2n) is 5.12. The smallest absolute Gasteiger partial charge is 0.272 e. The molecule has 0 saturated carbocycles. The van der Waals surface area contributed by atoms with Crippen molar-refractivity contribution in [2.75, 3.05) is 5.43 Å². The summed E-state index contributed by atoms with van der Waals surface area (Å²) in [5.41, 5.74) is 3.93. The topological polar surface area (TPSA) is 114 Å². The Morgan fingerprint density at radius 3 is 2.61 bits per heavy atom. The highest BCUT2D eigenvalue weighted by Gasteiger charge is 2.36. The fourth-order valence-corrected chi connectivity index (χ4v) is 2.88. The maximum atomic E-state index is 13.4. The van der Waals surface area contributed by atoms with Crippen LogP contribution in [0, 0.1) is 5.92 Å². The third-order valence-corrected chi connectivity index (χ3v) is 4.46. The molecule has 1 amide bonds. The van der Waals surface area contributed by atoms with Crippen LogP contribution < -0.4 is 15.9 Å².